The molecule has 0 spiro atoms. The number of rotatable bonds is 5. The molecule has 0 saturated carbocycles. The summed E-state index contributed by atoms with van der Waals surface area (Å²) in [6.45, 7) is 1.28. The van der Waals surface area contributed by atoms with Crippen LogP contribution in [-0.2, 0) is 16.1 Å². The summed E-state index contributed by atoms with van der Waals surface area (Å²) in [5, 5.41) is 11.0. The van der Waals surface area contributed by atoms with Gasteiger partial charge in [0.05, 0.1) is 5.00 Å². The van der Waals surface area contributed by atoms with Crippen LogP contribution in [0.15, 0.2) is 46.9 Å². The summed E-state index contributed by atoms with van der Waals surface area (Å²) in [4.78, 5) is 23.3. The predicted octanol–water partition coefficient (Wildman–Crippen LogP) is 3.11. The Balaban J connectivity index is 1.59. The number of thiophene rings is 1. The number of nitrogens with one attached hydrogen (secondary N) is 1. The summed E-state index contributed by atoms with van der Waals surface area (Å²) in [5.41, 5.74) is 0.792. The smallest absolute Gasteiger partial charge is 0.348 e. The first kappa shape index (κ1) is 15.9. The number of anilines is 1. The van der Waals surface area contributed by atoms with Crippen molar-refractivity contribution in [3.63, 3.8) is 0 Å². The summed E-state index contributed by atoms with van der Waals surface area (Å²) >= 11 is 1.13. The van der Waals surface area contributed by atoms with Crippen molar-refractivity contribution < 1.29 is 18.7 Å². The molecule has 1 N–H and O–H groups in total. The fraction of sp³-hybridized carbons (Fsp3) is 0.125. The van der Waals surface area contributed by atoms with E-state index in [1.807, 2.05) is 30.3 Å². The molecular formula is C16H13N3O4S. The summed E-state index contributed by atoms with van der Waals surface area (Å²) in [7, 11) is 0. The molecule has 8 heteroatoms. The number of ether oxygens (including phenoxy) is 1. The van der Waals surface area contributed by atoms with Crippen molar-refractivity contribution in [1.29, 1.82) is 0 Å². The molecule has 0 unspecified atom stereocenters. The van der Waals surface area contributed by atoms with Gasteiger partial charge in [0.15, 0.2) is 6.61 Å². The van der Waals surface area contributed by atoms with Crippen molar-refractivity contribution in [2.45, 2.75) is 13.5 Å². The molecule has 0 aliphatic heterocycles. The number of carbonyl (C=O) groups excluding carboxylic acids is 2. The number of amides is 1. The van der Waals surface area contributed by atoms with Crippen LogP contribution in [0.3, 0.4) is 0 Å². The highest BCUT2D eigenvalue weighted by Gasteiger charge is 2.14. The van der Waals surface area contributed by atoms with Crippen molar-refractivity contribution in [1.82, 2.24) is 10.2 Å². The van der Waals surface area contributed by atoms with Gasteiger partial charge in [-0.2, -0.15) is 0 Å². The molecule has 0 atom stereocenters. The predicted molar refractivity (Wildman–Crippen MR) is 87.5 cm³/mol. The van der Waals surface area contributed by atoms with Crippen molar-refractivity contribution in [3.05, 3.63) is 53.2 Å². The molecule has 0 aliphatic carbocycles. The highest BCUT2D eigenvalue weighted by Crippen LogP contribution is 2.23. The largest absolute Gasteiger partial charge is 0.451 e. The third-order valence-corrected chi connectivity index (χ3v) is 3.90. The maximum Gasteiger partial charge on any atom is 0.348 e. The van der Waals surface area contributed by atoms with Gasteiger partial charge in [-0.15, -0.1) is 21.5 Å². The minimum atomic E-state index is -0.518. The highest BCUT2D eigenvalue weighted by atomic mass is 32.1. The Kier molecular flexibility index (Phi) is 4.66. The zero-order valence-corrected chi connectivity index (χ0v) is 13.5. The van der Waals surface area contributed by atoms with Gasteiger partial charge in [0.1, 0.15) is 4.88 Å². The van der Waals surface area contributed by atoms with E-state index in [0.29, 0.717) is 15.8 Å². The number of benzene rings is 1. The number of carbonyl (C=O) groups is 2. The van der Waals surface area contributed by atoms with Crippen LogP contribution in [0.25, 0.3) is 11.5 Å². The quantitative estimate of drug-likeness (QED) is 0.715. The second-order valence-electron chi connectivity index (χ2n) is 4.79. The first-order valence-electron chi connectivity index (χ1n) is 7.04. The summed E-state index contributed by atoms with van der Waals surface area (Å²) in [6.07, 6.45) is 0. The molecule has 2 heterocycles. The Morgan fingerprint density at radius 3 is 2.71 bits per heavy atom. The average molecular weight is 343 g/mol. The molecule has 1 aromatic carbocycles. The van der Waals surface area contributed by atoms with Gasteiger partial charge in [-0.1, -0.05) is 18.2 Å². The summed E-state index contributed by atoms with van der Waals surface area (Å²) < 4.78 is 10.6. The number of aromatic nitrogens is 2. The zero-order valence-electron chi connectivity index (χ0n) is 12.7. The van der Waals surface area contributed by atoms with Gasteiger partial charge in [0, 0.05) is 12.5 Å². The van der Waals surface area contributed by atoms with E-state index >= 15 is 0 Å². The Bertz CT molecular complexity index is 857. The van der Waals surface area contributed by atoms with Crippen LogP contribution in [0, 0.1) is 0 Å². The molecule has 0 radical (unpaired) electrons. The molecule has 3 aromatic rings. The van der Waals surface area contributed by atoms with Crippen LogP contribution in [0.4, 0.5) is 5.00 Å². The van der Waals surface area contributed by atoms with Crippen molar-refractivity contribution in [2.24, 2.45) is 0 Å². The third-order valence-electron chi connectivity index (χ3n) is 2.92. The normalized spacial score (nSPS) is 10.4. The molecule has 122 valence electrons. The summed E-state index contributed by atoms with van der Waals surface area (Å²) in [6, 6.07) is 12.5. The van der Waals surface area contributed by atoms with Crippen LogP contribution in [0.2, 0.25) is 0 Å². The molecule has 0 fully saturated rings. The average Bonchev–Trinajstić information content (AvgIpc) is 3.22. The molecule has 0 aliphatic rings. The molecule has 7 nitrogen and oxygen atoms in total. The van der Waals surface area contributed by atoms with E-state index in [0.717, 1.165) is 16.9 Å². The molecule has 3 rings (SSSR count). The van der Waals surface area contributed by atoms with E-state index in [2.05, 4.69) is 15.5 Å². The lowest BCUT2D eigenvalue weighted by atomic mass is 10.2. The monoisotopic (exact) mass is 343 g/mol. The third kappa shape index (κ3) is 3.85. The van der Waals surface area contributed by atoms with Gasteiger partial charge < -0.3 is 14.5 Å². The second kappa shape index (κ2) is 7.05. The molecule has 0 saturated heterocycles. The Labute approximate surface area is 141 Å². The van der Waals surface area contributed by atoms with Gasteiger partial charge >= 0.3 is 5.97 Å². The van der Waals surface area contributed by atoms with Gasteiger partial charge in [0.2, 0.25) is 11.8 Å². The minimum absolute atomic E-state index is 0.119. The van der Waals surface area contributed by atoms with Gasteiger partial charge in [-0.25, -0.2) is 4.79 Å². The Morgan fingerprint density at radius 1 is 1.17 bits per heavy atom. The zero-order chi connectivity index (χ0) is 16.9. The number of hydrogen-bond acceptors (Lipinski definition) is 7. The van der Waals surface area contributed by atoms with Gasteiger partial charge in [-0.3, -0.25) is 4.79 Å². The molecule has 1 amide bonds. The lowest BCUT2D eigenvalue weighted by Crippen LogP contribution is -2.04. The standard InChI is InChI=1S/C16H13N3O4S/c1-10(20)17-14-8-7-12(24-14)16(21)22-9-13-18-19-15(23-13)11-5-3-2-4-6-11/h2-8H,9H2,1H3,(H,17,20). The first-order valence-corrected chi connectivity index (χ1v) is 7.86. The topological polar surface area (TPSA) is 94.3 Å². The lowest BCUT2D eigenvalue weighted by molar-refractivity contribution is -0.114. The van der Waals surface area contributed by atoms with Crippen LogP contribution in [0.1, 0.15) is 22.5 Å². The highest BCUT2D eigenvalue weighted by molar-refractivity contribution is 7.18. The fourth-order valence-corrected chi connectivity index (χ4v) is 2.74. The van der Waals surface area contributed by atoms with Crippen molar-refractivity contribution >= 4 is 28.2 Å². The van der Waals surface area contributed by atoms with Crippen LogP contribution in [-0.4, -0.2) is 22.1 Å². The van der Waals surface area contributed by atoms with Crippen molar-refractivity contribution in [3.8, 4) is 11.5 Å². The van der Waals surface area contributed by atoms with E-state index < -0.39 is 5.97 Å². The van der Waals surface area contributed by atoms with Crippen LogP contribution >= 0.6 is 11.3 Å². The van der Waals surface area contributed by atoms with E-state index in [4.69, 9.17) is 9.15 Å². The molecular weight excluding hydrogens is 330 g/mol. The van der Waals surface area contributed by atoms with E-state index in [1.54, 1.807) is 12.1 Å². The summed E-state index contributed by atoms with van der Waals surface area (Å²) in [5.74, 6) is -0.140. The van der Waals surface area contributed by atoms with Crippen LogP contribution < -0.4 is 5.32 Å². The van der Waals surface area contributed by atoms with Crippen molar-refractivity contribution in [2.75, 3.05) is 5.32 Å². The Hall–Kier alpha value is -3.00. The minimum Gasteiger partial charge on any atom is -0.451 e. The van der Waals surface area contributed by atoms with E-state index in [-0.39, 0.29) is 18.4 Å². The first-order chi connectivity index (χ1) is 11.6. The van der Waals surface area contributed by atoms with Gasteiger partial charge in [-0.05, 0) is 24.3 Å². The van der Waals surface area contributed by atoms with Crippen LogP contribution in [0.5, 0.6) is 0 Å². The number of nitrogens with zero attached hydrogens (tertiary/aromatic N) is 2. The maximum atomic E-state index is 12.0. The van der Waals surface area contributed by atoms with Gasteiger partial charge in [0.25, 0.3) is 5.89 Å². The van der Waals surface area contributed by atoms with E-state index in [1.165, 1.54) is 6.92 Å². The number of esters is 1. The molecule has 2 aromatic heterocycles. The fourth-order valence-electron chi connectivity index (χ4n) is 1.90. The molecule has 0 bridgehead atoms. The Morgan fingerprint density at radius 2 is 1.96 bits per heavy atom. The SMILES string of the molecule is CC(=O)Nc1ccc(C(=O)OCc2nnc(-c3ccccc3)o2)s1. The maximum absolute atomic E-state index is 12.0. The number of hydrogen-bond donors (Lipinski definition) is 1. The molecule has 24 heavy (non-hydrogen) atoms. The van der Waals surface area contributed by atoms with E-state index in [9.17, 15) is 9.59 Å². The second-order valence-corrected chi connectivity index (χ2v) is 5.87. The lowest BCUT2D eigenvalue weighted by Gasteiger charge is -1.99.